The normalized spacial score (nSPS) is 12.3. The van der Waals surface area contributed by atoms with Crippen LogP contribution in [0, 0.1) is 6.92 Å². The van der Waals surface area contributed by atoms with Crippen molar-refractivity contribution < 1.29 is 8.84 Å². The summed E-state index contributed by atoms with van der Waals surface area (Å²) in [5, 5.41) is 2.56. The first kappa shape index (κ1) is 17.7. The van der Waals surface area contributed by atoms with E-state index in [-0.39, 0.29) is 5.04 Å². The van der Waals surface area contributed by atoms with Crippen molar-refractivity contribution in [1.82, 2.24) is 0 Å². The van der Waals surface area contributed by atoms with Gasteiger partial charge in [0.05, 0.1) is 6.61 Å². The molecule has 2 nitrogen and oxygen atoms in total. The minimum absolute atomic E-state index is 0.0165. The van der Waals surface area contributed by atoms with Crippen LogP contribution in [-0.4, -0.2) is 8.32 Å². The molecular formula is C22H26O2Si. The van der Waals surface area contributed by atoms with Crippen LogP contribution in [0.1, 0.15) is 32.3 Å². The predicted molar refractivity (Wildman–Crippen MR) is 106 cm³/mol. The first-order chi connectivity index (χ1) is 11.9. The first-order valence-corrected chi connectivity index (χ1v) is 10.6. The molecule has 0 spiro atoms. The third-order valence-electron chi connectivity index (χ3n) is 4.64. The Balaban J connectivity index is 2.11. The zero-order valence-corrected chi connectivity index (χ0v) is 16.5. The average molecular weight is 351 g/mol. The van der Waals surface area contributed by atoms with E-state index in [1.165, 1.54) is 10.4 Å². The molecule has 0 fully saturated rings. The fourth-order valence-corrected chi connectivity index (χ4v) is 8.02. The van der Waals surface area contributed by atoms with Crippen LogP contribution in [0.25, 0.3) is 0 Å². The minimum atomic E-state index is -2.48. The van der Waals surface area contributed by atoms with Crippen LogP contribution < -0.4 is 10.4 Å². The van der Waals surface area contributed by atoms with E-state index >= 15 is 0 Å². The standard InChI is InChI=1S/C22H26O2Si/c1-18-15-16-19(24-18)17-23-25(22(2,3)4,20-11-7-5-8-12-20)21-13-9-6-10-14-21/h5-16H,17H2,1-4H3. The van der Waals surface area contributed by atoms with Gasteiger partial charge in [0.2, 0.25) is 0 Å². The number of rotatable bonds is 5. The molecule has 0 aliphatic carbocycles. The molecular weight excluding hydrogens is 324 g/mol. The van der Waals surface area contributed by atoms with Gasteiger partial charge in [-0.2, -0.15) is 0 Å². The summed E-state index contributed by atoms with van der Waals surface area (Å²) in [4.78, 5) is 0. The molecule has 25 heavy (non-hydrogen) atoms. The molecule has 0 N–H and O–H groups in total. The van der Waals surface area contributed by atoms with Crippen molar-refractivity contribution >= 4 is 18.7 Å². The van der Waals surface area contributed by atoms with E-state index in [2.05, 4.69) is 81.4 Å². The lowest BCUT2D eigenvalue weighted by molar-refractivity contribution is 0.252. The SMILES string of the molecule is Cc1ccc(CO[Si](c2ccccc2)(c2ccccc2)C(C)(C)C)o1. The van der Waals surface area contributed by atoms with Gasteiger partial charge in [0.15, 0.2) is 0 Å². The maximum atomic E-state index is 6.81. The van der Waals surface area contributed by atoms with Crippen molar-refractivity contribution in [3.63, 3.8) is 0 Å². The number of hydrogen-bond donors (Lipinski definition) is 0. The Bertz CT molecular complexity index is 761. The second kappa shape index (κ2) is 7.02. The van der Waals surface area contributed by atoms with Gasteiger partial charge in [0, 0.05) is 0 Å². The van der Waals surface area contributed by atoms with E-state index in [1.54, 1.807) is 0 Å². The van der Waals surface area contributed by atoms with E-state index in [0.29, 0.717) is 6.61 Å². The molecule has 1 heterocycles. The van der Waals surface area contributed by atoms with Crippen LogP contribution in [0.4, 0.5) is 0 Å². The van der Waals surface area contributed by atoms with Gasteiger partial charge < -0.3 is 8.84 Å². The monoisotopic (exact) mass is 350 g/mol. The molecule has 0 radical (unpaired) electrons. The van der Waals surface area contributed by atoms with E-state index in [1.807, 2.05) is 19.1 Å². The van der Waals surface area contributed by atoms with Crippen molar-refractivity contribution in [3.05, 3.63) is 84.3 Å². The van der Waals surface area contributed by atoms with Crippen LogP contribution in [0.15, 0.2) is 77.2 Å². The summed E-state index contributed by atoms with van der Waals surface area (Å²) in [7, 11) is -2.48. The maximum absolute atomic E-state index is 6.81. The maximum Gasteiger partial charge on any atom is 0.261 e. The Morgan fingerprint density at radius 3 is 1.72 bits per heavy atom. The third kappa shape index (κ3) is 3.48. The van der Waals surface area contributed by atoms with Gasteiger partial charge in [-0.25, -0.2) is 0 Å². The molecule has 0 atom stereocenters. The van der Waals surface area contributed by atoms with Crippen molar-refractivity contribution in [2.75, 3.05) is 0 Å². The van der Waals surface area contributed by atoms with Gasteiger partial charge >= 0.3 is 0 Å². The molecule has 0 amide bonds. The molecule has 3 rings (SSSR count). The van der Waals surface area contributed by atoms with Gasteiger partial charge in [-0.3, -0.25) is 0 Å². The summed E-state index contributed by atoms with van der Waals surface area (Å²) in [5.41, 5.74) is 0. The second-order valence-electron chi connectivity index (χ2n) is 7.46. The van der Waals surface area contributed by atoms with Crippen molar-refractivity contribution in [2.24, 2.45) is 0 Å². The molecule has 0 unspecified atom stereocenters. The Kier molecular flexibility index (Phi) is 4.98. The average Bonchev–Trinajstić information content (AvgIpc) is 3.02. The van der Waals surface area contributed by atoms with Gasteiger partial charge in [-0.15, -0.1) is 0 Å². The van der Waals surface area contributed by atoms with E-state index in [0.717, 1.165) is 11.5 Å². The summed E-state index contributed by atoms with van der Waals surface area (Å²) in [6.07, 6.45) is 0. The molecule has 3 aromatic rings. The van der Waals surface area contributed by atoms with Gasteiger partial charge in [0.25, 0.3) is 8.32 Å². The van der Waals surface area contributed by atoms with Gasteiger partial charge in [-0.1, -0.05) is 81.4 Å². The fraction of sp³-hybridized carbons (Fsp3) is 0.273. The molecule has 0 aliphatic heterocycles. The largest absolute Gasteiger partial charge is 0.464 e. The molecule has 2 aromatic carbocycles. The Labute approximate surface area is 151 Å². The lowest BCUT2D eigenvalue weighted by Gasteiger charge is -2.42. The first-order valence-electron chi connectivity index (χ1n) is 8.74. The third-order valence-corrected chi connectivity index (χ3v) is 9.63. The second-order valence-corrected chi connectivity index (χ2v) is 11.8. The van der Waals surface area contributed by atoms with Crippen LogP contribution in [0.2, 0.25) is 5.04 Å². The van der Waals surface area contributed by atoms with Crippen molar-refractivity contribution in [3.8, 4) is 0 Å². The topological polar surface area (TPSA) is 22.4 Å². The zero-order chi connectivity index (χ0) is 17.9. The lowest BCUT2D eigenvalue weighted by Crippen LogP contribution is -2.66. The number of furan rings is 1. The molecule has 3 heteroatoms. The summed E-state index contributed by atoms with van der Waals surface area (Å²) in [6.45, 7) is 9.30. The molecule has 0 aliphatic rings. The van der Waals surface area contributed by atoms with Crippen LogP contribution in [0.3, 0.4) is 0 Å². The van der Waals surface area contributed by atoms with Crippen LogP contribution in [-0.2, 0) is 11.0 Å². The number of benzene rings is 2. The van der Waals surface area contributed by atoms with Gasteiger partial charge in [0.1, 0.15) is 11.5 Å². The summed E-state index contributed by atoms with van der Waals surface area (Å²) >= 11 is 0. The lowest BCUT2D eigenvalue weighted by atomic mass is 10.2. The van der Waals surface area contributed by atoms with E-state index in [4.69, 9.17) is 8.84 Å². The van der Waals surface area contributed by atoms with Crippen LogP contribution in [0.5, 0.6) is 0 Å². The highest BCUT2D eigenvalue weighted by atomic mass is 28.4. The highest BCUT2D eigenvalue weighted by Crippen LogP contribution is 2.37. The van der Waals surface area contributed by atoms with Crippen molar-refractivity contribution in [1.29, 1.82) is 0 Å². The number of hydrogen-bond acceptors (Lipinski definition) is 2. The quantitative estimate of drug-likeness (QED) is 0.624. The minimum Gasteiger partial charge on any atom is -0.464 e. The van der Waals surface area contributed by atoms with E-state index < -0.39 is 8.32 Å². The summed E-state index contributed by atoms with van der Waals surface area (Å²) in [5.74, 6) is 1.80. The molecule has 0 saturated carbocycles. The Morgan fingerprint density at radius 2 is 1.32 bits per heavy atom. The summed E-state index contributed by atoms with van der Waals surface area (Å²) < 4.78 is 12.6. The smallest absolute Gasteiger partial charge is 0.261 e. The zero-order valence-electron chi connectivity index (χ0n) is 15.5. The highest BCUT2D eigenvalue weighted by molar-refractivity contribution is 6.99. The molecule has 130 valence electrons. The van der Waals surface area contributed by atoms with Gasteiger partial charge in [-0.05, 0) is 34.5 Å². The van der Waals surface area contributed by atoms with Crippen LogP contribution >= 0.6 is 0 Å². The Morgan fingerprint density at radius 1 is 0.800 bits per heavy atom. The number of aryl methyl sites for hydroxylation is 1. The molecule has 1 aromatic heterocycles. The highest BCUT2D eigenvalue weighted by Gasteiger charge is 2.50. The Hall–Kier alpha value is -2.10. The predicted octanol–water partition coefficient (Wildman–Crippen LogP) is 4.66. The van der Waals surface area contributed by atoms with Crippen molar-refractivity contribution in [2.45, 2.75) is 39.3 Å². The fourth-order valence-electron chi connectivity index (χ4n) is 3.50. The van der Waals surface area contributed by atoms with E-state index in [9.17, 15) is 0 Å². The summed E-state index contributed by atoms with van der Waals surface area (Å²) in [6, 6.07) is 25.4. The molecule has 0 bridgehead atoms. The molecule has 0 saturated heterocycles.